The van der Waals surface area contributed by atoms with E-state index in [1.807, 2.05) is 0 Å². The number of carbonyl (C=O) groups excluding carboxylic acids is 2. The molecule has 0 aromatic heterocycles. The van der Waals surface area contributed by atoms with Crippen LogP contribution in [-0.2, 0) is 9.59 Å². The molecule has 0 bridgehead atoms. The smallest absolute Gasteiger partial charge is 0.0870 e. The van der Waals surface area contributed by atoms with Gasteiger partial charge >= 0.3 is 0 Å². The summed E-state index contributed by atoms with van der Waals surface area (Å²) >= 11 is 0. The van der Waals surface area contributed by atoms with Crippen molar-refractivity contribution in [2.45, 2.75) is 46.6 Å². The number of aliphatic hydroxyl groups is 1. The summed E-state index contributed by atoms with van der Waals surface area (Å²) in [5, 5.41) is 25.9. The molecule has 0 atom stereocenters. The molecule has 136 valence electrons. The second-order valence-electron chi connectivity index (χ2n) is 5.58. The number of hydrogen-bond acceptors (Lipinski definition) is 5. The maximum absolute atomic E-state index is 8.93. The average molecular weight is 324 g/mol. The molecule has 0 aromatic carbocycles. The van der Waals surface area contributed by atoms with Crippen LogP contribution < -0.4 is 20.0 Å². The van der Waals surface area contributed by atoms with Gasteiger partial charge in [-0.25, -0.2) is 0 Å². The molecule has 7 nitrogen and oxygen atoms in total. The Morgan fingerprint density at radius 3 is 1.05 bits per heavy atom. The van der Waals surface area contributed by atoms with E-state index in [9.17, 15) is 0 Å². The third-order valence-corrected chi connectivity index (χ3v) is 1.67. The van der Waals surface area contributed by atoms with Crippen molar-refractivity contribution in [1.82, 2.24) is 0 Å². The molecule has 0 aliphatic heterocycles. The largest absolute Gasteiger partial charge is 0.543 e. The first-order chi connectivity index (χ1) is 9.91. The first-order valence-corrected chi connectivity index (χ1v) is 7.60. The molecule has 0 aromatic rings. The highest BCUT2D eigenvalue weighted by Gasteiger charge is 1.83. The van der Waals surface area contributed by atoms with E-state index in [1.165, 1.54) is 35.7 Å². The monoisotopic (exact) mass is 324 g/mol. The molecule has 0 aliphatic carbocycles. The maximum Gasteiger partial charge on any atom is 0.0870 e. The summed E-state index contributed by atoms with van der Waals surface area (Å²) in [4.78, 5) is 20.9. The molecule has 22 heavy (non-hydrogen) atoms. The van der Waals surface area contributed by atoms with Gasteiger partial charge in [0.2, 0.25) is 0 Å². The van der Waals surface area contributed by atoms with Crippen molar-refractivity contribution in [3.8, 4) is 0 Å². The lowest BCUT2D eigenvalue weighted by Gasteiger charge is -2.01. The minimum atomic E-state index is -2.19. The summed E-state index contributed by atoms with van der Waals surface area (Å²) in [6, 6.07) is 0. The lowest BCUT2D eigenvalue weighted by Crippen LogP contribution is -3.05. The van der Waals surface area contributed by atoms with Gasteiger partial charge in [-0.3, -0.25) is 0 Å². The fourth-order valence-electron chi connectivity index (χ4n) is 1.000. The second kappa shape index (κ2) is 22.1. The summed E-state index contributed by atoms with van der Waals surface area (Å²) in [5.74, 6) is -4.37. The Morgan fingerprint density at radius 1 is 0.864 bits per heavy atom. The standard InChI is InChI=1S/2C5H13N.C3H8O.C2H2O4/c2*1-4-5-6(2)3;1-3(2)4;3-1(4)2(5)6/h2*4-5H2,1-3H3;3-4H,1-2H3;(H,3,4)(H,5,6). The third kappa shape index (κ3) is 76.8. The van der Waals surface area contributed by atoms with Gasteiger partial charge in [-0.2, -0.15) is 0 Å². The van der Waals surface area contributed by atoms with Gasteiger partial charge in [-0.15, -0.1) is 0 Å². The van der Waals surface area contributed by atoms with E-state index >= 15 is 0 Å². The van der Waals surface area contributed by atoms with Gasteiger partial charge in [0.05, 0.1) is 53.2 Å². The van der Waals surface area contributed by atoms with E-state index < -0.39 is 11.9 Å². The number of aliphatic hydroxyl groups excluding tert-OH is 1. The fraction of sp³-hybridized carbons (Fsp3) is 0.867. The maximum atomic E-state index is 8.93. The summed E-state index contributed by atoms with van der Waals surface area (Å²) < 4.78 is 0. The lowest BCUT2D eigenvalue weighted by molar-refractivity contribution is -0.858. The number of aliphatic carboxylic acids is 2. The van der Waals surface area contributed by atoms with Crippen LogP contribution in [0.2, 0.25) is 0 Å². The number of rotatable bonds is 4. The lowest BCUT2D eigenvalue weighted by atomic mass is 10.5. The van der Waals surface area contributed by atoms with Crippen LogP contribution in [0.3, 0.4) is 0 Å². The zero-order chi connectivity index (χ0) is 18.7. The number of carboxylic acid groups (broad SMARTS) is 2. The van der Waals surface area contributed by atoms with Crippen molar-refractivity contribution < 1.29 is 34.7 Å². The first kappa shape index (κ1) is 28.9. The van der Waals surface area contributed by atoms with Crippen LogP contribution >= 0.6 is 0 Å². The van der Waals surface area contributed by atoms with Crippen LogP contribution in [0.25, 0.3) is 0 Å². The molecule has 0 saturated heterocycles. The van der Waals surface area contributed by atoms with Crippen molar-refractivity contribution in [1.29, 1.82) is 0 Å². The van der Waals surface area contributed by atoms with Gasteiger partial charge in [0.1, 0.15) is 0 Å². The number of quaternary nitrogens is 2. The Balaban J connectivity index is -0.0000000994. The number of carboxylic acids is 2. The van der Waals surface area contributed by atoms with E-state index in [-0.39, 0.29) is 6.10 Å². The molecule has 0 radical (unpaired) electrons. The molecule has 0 heterocycles. The molecule has 0 unspecified atom stereocenters. The van der Waals surface area contributed by atoms with Gasteiger partial charge in [0.15, 0.2) is 0 Å². The average Bonchev–Trinajstić information content (AvgIpc) is 2.28. The van der Waals surface area contributed by atoms with Crippen LogP contribution in [-0.4, -0.2) is 64.4 Å². The van der Waals surface area contributed by atoms with Crippen LogP contribution in [0.15, 0.2) is 0 Å². The molecule has 0 fully saturated rings. The molecule has 0 spiro atoms. The van der Waals surface area contributed by atoms with Crippen molar-refractivity contribution >= 4 is 11.9 Å². The fourth-order valence-corrected chi connectivity index (χ4v) is 1.000. The molecule has 0 aliphatic rings. The predicted molar refractivity (Wildman–Crippen MR) is 83.3 cm³/mol. The minimum Gasteiger partial charge on any atom is -0.543 e. The van der Waals surface area contributed by atoms with Crippen molar-refractivity contribution in [3.05, 3.63) is 0 Å². The van der Waals surface area contributed by atoms with E-state index in [2.05, 4.69) is 42.0 Å². The zero-order valence-electron chi connectivity index (χ0n) is 15.5. The van der Waals surface area contributed by atoms with Gasteiger partial charge in [-0.1, -0.05) is 13.8 Å². The first-order valence-electron chi connectivity index (χ1n) is 7.60. The van der Waals surface area contributed by atoms with E-state index in [4.69, 9.17) is 24.9 Å². The van der Waals surface area contributed by atoms with E-state index in [0.717, 1.165) is 0 Å². The van der Waals surface area contributed by atoms with Crippen molar-refractivity contribution in [2.75, 3.05) is 41.3 Å². The van der Waals surface area contributed by atoms with E-state index in [0.29, 0.717) is 0 Å². The Labute approximate surface area is 135 Å². The third-order valence-electron chi connectivity index (χ3n) is 1.67. The topological polar surface area (TPSA) is 109 Å². The summed E-state index contributed by atoms with van der Waals surface area (Å²) in [7, 11) is 8.68. The highest BCUT2D eigenvalue weighted by Crippen LogP contribution is 1.65. The number of carbonyl (C=O) groups is 2. The molecular weight excluding hydrogens is 288 g/mol. The SMILES string of the molecule is CC(C)O.CCC[NH+](C)C.CCC[NH+](C)C.O=C([O-])C(=O)[O-]. The highest BCUT2D eigenvalue weighted by atomic mass is 16.4. The van der Waals surface area contributed by atoms with Crippen molar-refractivity contribution in [2.24, 2.45) is 0 Å². The summed E-state index contributed by atoms with van der Waals surface area (Å²) in [5.41, 5.74) is 0. The Hall–Kier alpha value is -1.18. The summed E-state index contributed by atoms with van der Waals surface area (Å²) in [6.45, 7) is 10.4. The molecular formula is C15H36N2O5. The van der Waals surface area contributed by atoms with Gasteiger partial charge in [0, 0.05) is 6.10 Å². The molecule has 3 N–H and O–H groups in total. The second-order valence-corrected chi connectivity index (χ2v) is 5.58. The van der Waals surface area contributed by atoms with Crippen LogP contribution in [0, 0.1) is 0 Å². The normalized spacial score (nSPS) is 9.09. The molecule has 7 heteroatoms. The number of hydrogen-bond donors (Lipinski definition) is 3. The van der Waals surface area contributed by atoms with Crippen LogP contribution in [0.4, 0.5) is 0 Å². The van der Waals surface area contributed by atoms with Gasteiger partial charge in [-0.05, 0) is 26.7 Å². The minimum absolute atomic E-state index is 0.167. The van der Waals surface area contributed by atoms with Crippen molar-refractivity contribution in [3.63, 3.8) is 0 Å². The Bertz CT molecular complexity index is 219. The van der Waals surface area contributed by atoms with Gasteiger partial charge in [0.25, 0.3) is 0 Å². The van der Waals surface area contributed by atoms with Crippen LogP contribution in [0.5, 0.6) is 0 Å². The van der Waals surface area contributed by atoms with E-state index in [1.54, 1.807) is 13.8 Å². The zero-order valence-corrected chi connectivity index (χ0v) is 15.5. The Kier molecular flexibility index (Phi) is 29.0. The predicted octanol–water partition coefficient (Wildman–Crippen LogP) is -4.04. The number of nitrogens with one attached hydrogen (secondary N) is 2. The quantitative estimate of drug-likeness (QED) is 0.456. The van der Waals surface area contributed by atoms with Crippen LogP contribution in [0.1, 0.15) is 40.5 Å². The Morgan fingerprint density at radius 2 is 1.05 bits per heavy atom. The molecule has 0 saturated carbocycles. The molecule has 0 amide bonds. The molecule has 0 rings (SSSR count). The highest BCUT2D eigenvalue weighted by molar-refractivity contribution is 6.25. The van der Waals surface area contributed by atoms with Gasteiger partial charge < -0.3 is 34.7 Å². The summed E-state index contributed by atoms with van der Waals surface area (Å²) in [6.07, 6.45) is 2.42.